The monoisotopic (exact) mass is 369 g/mol. The molecule has 0 saturated heterocycles. The number of carbonyl (C=O) groups is 2. The Kier molecular flexibility index (Phi) is 4.46. The first-order chi connectivity index (χ1) is 13.4. The second-order valence-electron chi connectivity index (χ2n) is 8.27. The Morgan fingerprint density at radius 2 is 1.50 bits per heavy atom. The molecular weight excluding hydrogens is 346 g/mol. The van der Waals surface area contributed by atoms with Gasteiger partial charge in [-0.15, -0.1) is 0 Å². The number of aryl methyl sites for hydroxylation is 1. The lowest BCUT2D eigenvalue weighted by molar-refractivity contribution is 0.0911. The van der Waals surface area contributed by atoms with E-state index in [2.05, 4.69) is 13.8 Å². The van der Waals surface area contributed by atoms with E-state index in [0.29, 0.717) is 28.8 Å². The highest BCUT2D eigenvalue weighted by Crippen LogP contribution is 2.41. The van der Waals surface area contributed by atoms with Gasteiger partial charge in [0.2, 0.25) is 0 Å². The molecule has 0 radical (unpaired) electrons. The van der Waals surface area contributed by atoms with Crippen molar-refractivity contribution in [2.75, 3.05) is 0 Å². The molecule has 2 aromatic carbocycles. The summed E-state index contributed by atoms with van der Waals surface area (Å²) in [6, 6.07) is 18.9. The van der Waals surface area contributed by atoms with Crippen LogP contribution in [-0.4, -0.2) is 16.6 Å². The van der Waals surface area contributed by atoms with Gasteiger partial charge in [0.25, 0.3) is 0 Å². The molecule has 1 aromatic heterocycles. The minimum absolute atomic E-state index is 0.0692. The summed E-state index contributed by atoms with van der Waals surface area (Å²) in [5.41, 5.74) is 4.74. The third-order valence-electron chi connectivity index (χ3n) is 5.34. The number of hydrogen-bond donors (Lipinski definition) is 0. The summed E-state index contributed by atoms with van der Waals surface area (Å²) in [5, 5.41) is 0. The maximum Gasteiger partial charge on any atom is 0.195 e. The molecule has 140 valence electrons. The van der Waals surface area contributed by atoms with E-state index in [4.69, 9.17) is 4.98 Å². The summed E-state index contributed by atoms with van der Waals surface area (Å²) >= 11 is 0. The molecule has 4 rings (SSSR count). The van der Waals surface area contributed by atoms with E-state index in [1.165, 1.54) is 0 Å². The van der Waals surface area contributed by atoms with Crippen molar-refractivity contribution in [3.63, 3.8) is 0 Å². The maximum absolute atomic E-state index is 13.4. The summed E-state index contributed by atoms with van der Waals surface area (Å²) in [6.07, 6.45) is 1.19. The molecule has 0 fully saturated rings. The Bertz CT molecular complexity index is 1070. The maximum atomic E-state index is 13.4. The van der Waals surface area contributed by atoms with Crippen molar-refractivity contribution >= 4 is 11.6 Å². The lowest BCUT2D eigenvalue weighted by Gasteiger charge is -2.32. The Labute approximate surface area is 165 Å². The van der Waals surface area contributed by atoms with Crippen LogP contribution in [0.1, 0.15) is 57.9 Å². The number of benzene rings is 2. The van der Waals surface area contributed by atoms with Crippen LogP contribution in [0, 0.1) is 12.3 Å². The molecule has 0 aliphatic heterocycles. The number of pyridine rings is 1. The average Bonchev–Trinajstić information content (AvgIpc) is 2.67. The van der Waals surface area contributed by atoms with Crippen molar-refractivity contribution in [2.45, 2.75) is 33.6 Å². The molecule has 0 bridgehead atoms. The second-order valence-corrected chi connectivity index (χ2v) is 8.27. The minimum atomic E-state index is -0.123. The number of carbonyl (C=O) groups excluding carboxylic acids is 2. The predicted molar refractivity (Wildman–Crippen MR) is 111 cm³/mol. The van der Waals surface area contributed by atoms with Crippen molar-refractivity contribution in [3.05, 3.63) is 88.7 Å². The van der Waals surface area contributed by atoms with Crippen LogP contribution in [0.5, 0.6) is 0 Å². The summed E-state index contributed by atoms with van der Waals surface area (Å²) < 4.78 is 0. The summed E-state index contributed by atoms with van der Waals surface area (Å²) in [4.78, 5) is 31.3. The molecule has 0 unspecified atom stereocenters. The molecule has 0 amide bonds. The largest absolute Gasteiger partial charge is 0.294 e. The number of fused-ring (bicyclic) bond motifs is 1. The van der Waals surface area contributed by atoms with Gasteiger partial charge < -0.3 is 0 Å². The van der Waals surface area contributed by atoms with Crippen LogP contribution in [-0.2, 0) is 6.42 Å². The predicted octanol–water partition coefficient (Wildman–Crippen LogP) is 5.44. The number of ketones is 2. The number of hydrogen-bond acceptors (Lipinski definition) is 3. The van der Waals surface area contributed by atoms with E-state index >= 15 is 0 Å². The van der Waals surface area contributed by atoms with Crippen LogP contribution in [0.2, 0.25) is 0 Å². The van der Waals surface area contributed by atoms with E-state index in [-0.39, 0.29) is 17.0 Å². The molecule has 0 spiro atoms. The number of rotatable bonds is 3. The second kappa shape index (κ2) is 6.83. The Balaban J connectivity index is 2.03. The van der Waals surface area contributed by atoms with E-state index in [1.807, 2.05) is 55.5 Å². The highest BCUT2D eigenvalue weighted by molar-refractivity contribution is 6.17. The first-order valence-corrected chi connectivity index (χ1v) is 9.59. The third-order valence-corrected chi connectivity index (χ3v) is 5.34. The van der Waals surface area contributed by atoms with Crippen LogP contribution in [0.4, 0.5) is 0 Å². The van der Waals surface area contributed by atoms with E-state index in [1.54, 1.807) is 12.1 Å². The van der Waals surface area contributed by atoms with Gasteiger partial charge in [-0.1, -0.05) is 74.5 Å². The van der Waals surface area contributed by atoms with Gasteiger partial charge in [0.1, 0.15) is 0 Å². The number of nitrogens with zero attached hydrogens (tertiary/aromatic N) is 1. The smallest absolute Gasteiger partial charge is 0.195 e. The summed E-state index contributed by atoms with van der Waals surface area (Å²) in [7, 11) is 0. The molecule has 1 aliphatic rings. The molecule has 0 N–H and O–H groups in total. The lowest BCUT2D eigenvalue weighted by Crippen LogP contribution is -2.30. The Hall–Kier alpha value is -3.07. The molecule has 0 atom stereocenters. The average molecular weight is 369 g/mol. The van der Waals surface area contributed by atoms with Crippen molar-refractivity contribution in [1.82, 2.24) is 4.98 Å². The van der Waals surface area contributed by atoms with E-state index in [0.717, 1.165) is 23.2 Å². The minimum Gasteiger partial charge on any atom is -0.294 e. The fourth-order valence-electron chi connectivity index (χ4n) is 4.14. The molecule has 3 heteroatoms. The van der Waals surface area contributed by atoms with Gasteiger partial charge in [-0.3, -0.25) is 14.6 Å². The SMILES string of the molecule is Cc1nc2c(c(-c3ccccc3)c1C(=O)c1ccccc1)C(=O)CC(C)(C)C2. The van der Waals surface area contributed by atoms with Crippen molar-refractivity contribution in [1.29, 1.82) is 0 Å². The standard InChI is InChI=1S/C25H23NO2/c1-16-21(24(28)18-12-8-5-9-13-18)22(17-10-6-4-7-11-17)23-19(26-16)14-25(2,3)15-20(23)27/h4-13H,14-15H2,1-3H3. The van der Waals surface area contributed by atoms with Crippen LogP contribution < -0.4 is 0 Å². The quantitative estimate of drug-likeness (QED) is 0.577. The zero-order valence-corrected chi connectivity index (χ0v) is 16.5. The third kappa shape index (κ3) is 3.18. The van der Waals surface area contributed by atoms with Gasteiger partial charge in [-0.2, -0.15) is 0 Å². The first-order valence-electron chi connectivity index (χ1n) is 9.59. The summed E-state index contributed by atoms with van der Waals surface area (Å²) in [5.74, 6) is -0.0235. The van der Waals surface area contributed by atoms with Gasteiger partial charge in [-0.25, -0.2) is 0 Å². The van der Waals surface area contributed by atoms with Gasteiger partial charge >= 0.3 is 0 Å². The highest BCUT2D eigenvalue weighted by Gasteiger charge is 2.36. The van der Waals surface area contributed by atoms with Crippen LogP contribution in [0.25, 0.3) is 11.1 Å². The highest BCUT2D eigenvalue weighted by atomic mass is 16.1. The van der Waals surface area contributed by atoms with Gasteiger partial charge in [-0.05, 0) is 24.3 Å². The molecule has 0 saturated carbocycles. The molecule has 3 nitrogen and oxygen atoms in total. The van der Waals surface area contributed by atoms with E-state index < -0.39 is 0 Å². The van der Waals surface area contributed by atoms with Crippen LogP contribution >= 0.6 is 0 Å². The van der Waals surface area contributed by atoms with Crippen LogP contribution in [0.15, 0.2) is 60.7 Å². The van der Waals surface area contributed by atoms with E-state index in [9.17, 15) is 9.59 Å². The Morgan fingerprint density at radius 1 is 0.893 bits per heavy atom. The zero-order valence-electron chi connectivity index (χ0n) is 16.5. The first kappa shape index (κ1) is 18.3. The fraction of sp³-hybridized carbons (Fsp3) is 0.240. The molecular formula is C25H23NO2. The number of Topliss-reactive ketones (excluding diaryl/α,β-unsaturated/α-hetero) is 1. The van der Waals surface area contributed by atoms with Crippen molar-refractivity contribution < 1.29 is 9.59 Å². The molecule has 1 aliphatic carbocycles. The molecule has 1 heterocycles. The number of aromatic nitrogens is 1. The van der Waals surface area contributed by atoms with Gasteiger partial charge in [0, 0.05) is 28.8 Å². The topological polar surface area (TPSA) is 47.0 Å². The van der Waals surface area contributed by atoms with Crippen molar-refractivity contribution in [2.24, 2.45) is 5.41 Å². The Morgan fingerprint density at radius 3 is 2.14 bits per heavy atom. The van der Waals surface area contributed by atoms with Gasteiger partial charge in [0.05, 0.1) is 11.3 Å². The van der Waals surface area contributed by atoms with Gasteiger partial charge in [0.15, 0.2) is 11.6 Å². The fourth-order valence-corrected chi connectivity index (χ4v) is 4.14. The van der Waals surface area contributed by atoms with Crippen molar-refractivity contribution in [3.8, 4) is 11.1 Å². The zero-order chi connectivity index (χ0) is 19.9. The summed E-state index contributed by atoms with van der Waals surface area (Å²) in [6.45, 7) is 6.06. The van der Waals surface area contributed by atoms with Crippen LogP contribution in [0.3, 0.4) is 0 Å². The molecule has 28 heavy (non-hydrogen) atoms. The lowest BCUT2D eigenvalue weighted by atomic mass is 9.73. The normalized spacial score (nSPS) is 15.2. The molecule has 3 aromatic rings.